The zero-order valence-electron chi connectivity index (χ0n) is 12.2. The monoisotopic (exact) mass is 335 g/mol. The largest absolute Gasteiger partial charge is 0.411 e. The summed E-state index contributed by atoms with van der Waals surface area (Å²) in [6, 6.07) is 5.73. The molecule has 0 fully saturated rings. The minimum absolute atomic E-state index is 0.451. The first kappa shape index (κ1) is 14.9. The van der Waals surface area contributed by atoms with Crippen LogP contribution < -0.4 is 5.32 Å². The summed E-state index contributed by atoms with van der Waals surface area (Å²) < 4.78 is 11.2. The van der Waals surface area contributed by atoms with E-state index >= 15 is 0 Å². The van der Waals surface area contributed by atoms with Crippen LogP contribution in [0.3, 0.4) is 0 Å². The van der Waals surface area contributed by atoms with Crippen molar-refractivity contribution in [2.24, 2.45) is 0 Å². The molecule has 0 saturated carbocycles. The van der Waals surface area contributed by atoms with Gasteiger partial charge < -0.3 is 14.2 Å². The number of aromatic nitrogens is 4. The van der Waals surface area contributed by atoms with E-state index < -0.39 is 0 Å². The minimum Gasteiger partial charge on any atom is -0.411 e. The molecular formula is C13H13N5O2S2. The number of rotatable bonds is 5. The van der Waals surface area contributed by atoms with Crippen LogP contribution in [0.25, 0.3) is 22.9 Å². The van der Waals surface area contributed by atoms with E-state index in [0.717, 1.165) is 16.8 Å². The van der Waals surface area contributed by atoms with Gasteiger partial charge in [0.15, 0.2) is 0 Å². The van der Waals surface area contributed by atoms with Crippen LogP contribution in [0.1, 0.15) is 0 Å². The van der Waals surface area contributed by atoms with Gasteiger partial charge in [-0.25, -0.2) is 0 Å². The Balaban J connectivity index is 2.05. The van der Waals surface area contributed by atoms with Crippen molar-refractivity contribution in [2.45, 2.75) is 10.4 Å². The summed E-state index contributed by atoms with van der Waals surface area (Å²) in [5.74, 6) is 0.902. The van der Waals surface area contributed by atoms with Crippen LogP contribution in [0.2, 0.25) is 0 Å². The molecule has 0 aliphatic heterocycles. The summed E-state index contributed by atoms with van der Waals surface area (Å²) in [4.78, 5) is 0. The van der Waals surface area contributed by atoms with E-state index in [1.54, 1.807) is 0 Å². The molecule has 0 aliphatic rings. The zero-order chi connectivity index (χ0) is 15.5. The van der Waals surface area contributed by atoms with Gasteiger partial charge in [-0.1, -0.05) is 23.5 Å². The van der Waals surface area contributed by atoms with Crippen molar-refractivity contribution in [1.29, 1.82) is 0 Å². The second-order valence-corrected chi connectivity index (χ2v) is 5.72. The summed E-state index contributed by atoms with van der Waals surface area (Å²) >= 11 is 2.80. The lowest BCUT2D eigenvalue weighted by Gasteiger charge is -2.05. The van der Waals surface area contributed by atoms with E-state index in [9.17, 15) is 0 Å². The van der Waals surface area contributed by atoms with Gasteiger partial charge in [-0.2, -0.15) is 0 Å². The fourth-order valence-electron chi connectivity index (χ4n) is 1.84. The van der Waals surface area contributed by atoms with E-state index in [1.807, 2.05) is 37.8 Å². The van der Waals surface area contributed by atoms with Crippen LogP contribution in [0.5, 0.6) is 0 Å². The predicted octanol–water partition coefficient (Wildman–Crippen LogP) is 3.27. The number of anilines is 1. The average Bonchev–Trinajstić information content (AvgIpc) is 3.23. The third kappa shape index (κ3) is 2.95. The van der Waals surface area contributed by atoms with Gasteiger partial charge in [0.2, 0.25) is 11.8 Å². The van der Waals surface area contributed by atoms with Crippen molar-refractivity contribution >= 4 is 29.2 Å². The van der Waals surface area contributed by atoms with Gasteiger partial charge in [0.1, 0.15) is 0 Å². The lowest BCUT2D eigenvalue weighted by Crippen LogP contribution is -1.91. The first-order valence-corrected chi connectivity index (χ1v) is 8.77. The van der Waals surface area contributed by atoms with Crippen molar-refractivity contribution in [3.05, 3.63) is 18.2 Å². The van der Waals surface area contributed by atoms with E-state index in [2.05, 4.69) is 25.7 Å². The summed E-state index contributed by atoms with van der Waals surface area (Å²) in [5, 5.41) is 20.2. The predicted molar refractivity (Wildman–Crippen MR) is 86.1 cm³/mol. The van der Waals surface area contributed by atoms with E-state index in [0.29, 0.717) is 22.2 Å². The quantitative estimate of drug-likeness (QED) is 0.705. The molecule has 1 N–H and O–H groups in total. The number of benzene rings is 1. The topological polar surface area (TPSA) is 89.9 Å². The average molecular weight is 335 g/mol. The summed E-state index contributed by atoms with van der Waals surface area (Å²) in [6.07, 6.45) is 3.77. The molecule has 7 nitrogen and oxygen atoms in total. The lowest BCUT2D eigenvalue weighted by atomic mass is 10.1. The standard InChI is InChI=1S/C13H13N5O2S2/c1-14-9-5-7(10-15-17-12(19-10)21-2)4-8(6-9)11-16-18-13(20-11)22-3/h4-6,14H,1-3H3. The van der Waals surface area contributed by atoms with Gasteiger partial charge in [-0.15, -0.1) is 20.4 Å². The Hall–Kier alpha value is -2.00. The molecule has 22 heavy (non-hydrogen) atoms. The lowest BCUT2D eigenvalue weighted by molar-refractivity contribution is 0.465. The van der Waals surface area contributed by atoms with Gasteiger partial charge >= 0.3 is 0 Å². The molecule has 0 bridgehead atoms. The molecule has 1 aromatic carbocycles. The Morgan fingerprint density at radius 2 is 1.32 bits per heavy atom. The van der Waals surface area contributed by atoms with E-state index in [1.165, 1.54) is 23.5 Å². The molecule has 2 heterocycles. The first-order valence-electron chi connectivity index (χ1n) is 6.32. The van der Waals surface area contributed by atoms with Crippen molar-refractivity contribution in [3.8, 4) is 22.9 Å². The normalized spacial score (nSPS) is 10.9. The molecule has 3 rings (SSSR count). The third-order valence-electron chi connectivity index (χ3n) is 2.88. The Morgan fingerprint density at radius 3 is 1.68 bits per heavy atom. The maximum Gasteiger partial charge on any atom is 0.276 e. The van der Waals surface area contributed by atoms with Gasteiger partial charge in [0.05, 0.1) is 0 Å². The molecule has 9 heteroatoms. The Labute approximate surface area is 135 Å². The molecule has 2 aromatic heterocycles. The highest BCUT2D eigenvalue weighted by Gasteiger charge is 2.14. The fourth-order valence-corrected chi connectivity index (χ4v) is 2.41. The number of nitrogens with zero attached hydrogens (tertiary/aromatic N) is 4. The van der Waals surface area contributed by atoms with Crippen LogP contribution in [0, 0.1) is 0 Å². The van der Waals surface area contributed by atoms with Crippen molar-refractivity contribution < 1.29 is 8.83 Å². The molecule has 0 saturated heterocycles. The van der Waals surface area contributed by atoms with E-state index in [4.69, 9.17) is 8.83 Å². The first-order chi connectivity index (χ1) is 10.7. The SMILES string of the molecule is CNc1cc(-c2nnc(SC)o2)cc(-c2nnc(SC)o2)c1. The second kappa shape index (κ2) is 6.41. The summed E-state index contributed by atoms with van der Waals surface area (Å²) in [5.41, 5.74) is 2.47. The molecule has 0 atom stereocenters. The van der Waals surface area contributed by atoms with Crippen LogP contribution in [0.4, 0.5) is 5.69 Å². The zero-order valence-corrected chi connectivity index (χ0v) is 13.8. The van der Waals surface area contributed by atoms with Crippen LogP contribution in [-0.2, 0) is 0 Å². The molecule has 0 aliphatic carbocycles. The molecule has 114 valence electrons. The molecule has 0 unspecified atom stereocenters. The van der Waals surface area contributed by atoms with Crippen LogP contribution in [0.15, 0.2) is 37.5 Å². The fraction of sp³-hybridized carbons (Fsp3) is 0.231. The van der Waals surface area contributed by atoms with Crippen molar-refractivity contribution in [3.63, 3.8) is 0 Å². The third-order valence-corrected chi connectivity index (χ3v) is 3.91. The van der Waals surface area contributed by atoms with Gasteiger partial charge in [-0.05, 0) is 30.7 Å². The van der Waals surface area contributed by atoms with E-state index in [-0.39, 0.29) is 0 Å². The minimum atomic E-state index is 0.451. The Bertz CT molecular complexity index is 726. The van der Waals surface area contributed by atoms with Crippen molar-refractivity contribution in [2.75, 3.05) is 24.9 Å². The van der Waals surface area contributed by atoms with Crippen LogP contribution >= 0.6 is 23.5 Å². The highest BCUT2D eigenvalue weighted by Crippen LogP contribution is 2.31. The molecule has 0 amide bonds. The Morgan fingerprint density at radius 1 is 0.818 bits per heavy atom. The van der Waals surface area contributed by atoms with Crippen LogP contribution in [-0.4, -0.2) is 40.0 Å². The van der Waals surface area contributed by atoms with Gasteiger partial charge in [-0.3, -0.25) is 0 Å². The van der Waals surface area contributed by atoms with Crippen molar-refractivity contribution in [1.82, 2.24) is 20.4 Å². The second-order valence-electron chi connectivity index (χ2n) is 4.20. The maximum absolute atomic E-state index is 5.58. The summed E-state index contributed by atoms with van der Waals surface area (Å²) in [6.45, 7) is 0. The van der Waals surface area contributed by atoms with Gasteiger partial charge in [0.25, 0.3) is 10.4 Å². The number of nitrogens with one attached hydrogen (secondary N) is 1. The Kier molecular flexibility index (Phi) is 4.34. The highest BCUT2D eigenvalue weighted by atomic mass is 32.2. The molecule has 3 aromatic rings. The smallest absolute Gasteiger partial charge is 0.276 e. The molecule has 0 spiro atoms. The summed E-state index contributed by atoms with van der Waals surface area (Å²) in [7, 11) is 1.84. The molecule has 0 radical (unpaired) electrons. The maximum atomic E-state index is 5.58. The van der Waals surface area contributed by atoms with Gasteiger partial charge in [0, 0.05) is 23.9 Å². The highest BCUT2D eigenvalue weighted by molar-refractivity contribution is 7.98. The number of thioether (sulfide) groups is 2. The molecular weight excluding hydrogens is 322 g/mol. The number of hydrogen-bond acceptors (Lipinski definition) is 9. The number of hydrogen-bond donors (Lipinski definition) is 1.